The first-order chi connectivity index (χ1) is 6.31. The van der Waals surface area contributed by atoms with E-state index in [0.717, 1.165) is 0 Å². The maximum absolute atomic E-state index is 12.6. The highest BCUT2D eigenvalue weighted by Gasteiger charge is 2.83. The van der Waals surface area contributed by atoms with Crippen molar-refractivity contribution in [2.75, 3.05) is 4.43 Å². The Morgan fingerprint density at radius 3 is 1.00 bits per heavy atom. The molecule has 15 heavy (non-hydrogen) atoms. The molecule has 0 aliphatic heterocycles. The SMILES string of the molecule is FC(F)(F)C(F)(C(F)(F)F)C(F)(F)CI. The largest absolute Gasteiger partial charge is 0.437 e. The van der Waals surface area contributed by atoms with Gasteiger partial charge in [0.15, 0.2) is 0 Å². The molecule has 0 fully saturated rings. The van der Waals surface area contributed by atoms with E-state index in [1.165, 1.54) is 0 Å². The van der Waals surface area contributed by atoms with Crippen LogP contribution in [0.1, 0.15) is 0 Å². The quantitative estimate of drug-likeness (QED) is 0.398. The lowest BCUT2D eigenvalue weighted by molar-refractivity contribution is -0.391. The van der Waals surface area contributed by atoms with E-state index in [2.05, 4.69) is 0 Å². The molecule has 0 aromatic carbocycles. The van der Waals surface area contributed by atoms with Crippen LogP contribution in [0.2, 0.25) is 0 Å². The maximum Gasteiger partial charge on any atom is 0.437 e. The molecular formula is C5H2F9I. The van der Waals surface area contributed by atoms with Crippen molar-refractivity contribution in [1.82, 2.24) is 0 Å². The Hall–Kier alpha value is 0.1000. The summed E-state index contributed by atoms with van der Waals surface area (Å²) >= 11 is 0.545. The molecule has 0 saturated heterocycles. The number of rotatable bonds is 2. The Morgan fingerprint density at radius 1 is 0.667 bits per heavy atom. The summed E-state index contributed by atoms with van der Waals surface area (Å²) in [6.45, 7) is 0. The molecular weight excluding hydrogens is 358 g/mol. The second kappa shape index (κ2) is 3.84. The second-order valence-corrected chi connectivity index (χ2v) is 3.25. The van der Waals surface area contributed by atoms with Gasteiger partial charge in [-0.1, -0.05) is 22.6 Å². The first kappa shape index (κ1) is 15.1. The molecule has 0 aliphatic rings. The third-order valence-electron chi connectivity index (χ3n) is 1.45. The van der Waals surface area contributed by atoms with E-state index in [0.29, 0.717) is 22.6 Å². The van der Waals surface area contributed by atoms with Gasteiger partial charge in [-0.2, -0.15) is 26.3 Å². The van der Waals surface area contributed by atoms with E-state index >= 15 is 0 Å². The molecule has 10 heteroatoms. The van der Waals surface area contributed by atoms with Gasteiger partial charge >= 0.3 is 23.9 Å². The number of hydrogen-bond acceptors (Lipinski definition) is 0. The van der Waals surface area contributed by atoms with E-state index in [9.17, 15) is 39.5 Å². The minimum absolute atomic E-state index is 0.545. The summed E-state index contributed by atoms with van der Waals surface area (Å²) in [5, 5.41) is 0. The van der Waals surface area contributed by atoms with Crippen LogP contribution in [0.5, 0.6) is 0 Å². The Bertz CT molecular complexity index is 212. The highest BCUT2D eigenvalue weighted by atomic mass is 127. The number of alkyl halides is 10. The molecule has 0 unspecified atom stereocenters. The van der Waals surface area contributed by atoms with E-state index in [1.807, 2.05) is 0 Å². The summed E-state index contributed by atoms with van der Waals surface area (Å²) < 4.78 is 106. The van der Waals surface area contributed by atoms with Crippen molar-refractivity contribution in [3.05, 3.63) is 0 Å². The van der Waals surface area contributed by atoms with Gasteiger partial charge < -0.3 is 0 Å². The van der Waals surface area contributed by atoms with Crippen molar-refractivity contribution in [2.45, 2.75) is 23.9 Å². The fourth-order valence-electron chi connectivity index (χ4n) is 0.668. The van der Waals surface area contributed by atoms with E-state index < -0.39 is 28.4 Å². The predicted molar refractivity (Wildman–Crippen MR) is 39.8 cm³/mol. The summed E-state index contributed by atoms with van der Waals surface area (Å²) in [5.41, 5.74) is -6.52. The molecule has 0 N–H and O–H groups in total. The lowest BCUT2D eigenvalue weighted by Gasteiger charge is -2.35. The van der Waals surface area contributed by atoms with Crippen LogP contribution in [0.4, 0.5) is 39.5 Å². The van der Waals surface area contributed by atoms with Crippen LogP contribution in [0, 0.1) is 0 Å². The molecule has 0 bridgehead atoms. The zero-order valence-corrected chi connectivity index (χ0v) is 8.64. The van der Waals surface area contributed by atoms with Crippen molar-refractivity contribution >= 4 is 22.6 Å². The molecule has 0 atom stereocenters. The molecule has 0 radical (unpaired) electrons. The minimum atomic E-state index is -6.72. The van der Waals surface area contributed by atoms with E-state index in [4.69, 9.17) is 0 Å². The Kier molecular flexibility index (Phi) is 3.87. The highest BCUT2D eigenvalue weighted by Crippen LogP contribution is 2.54. The zero-order chi connectivity index (χ0) is 12.7. The first-order valence-electron chi connectivity index (χ1n) is 3.07. The predicted octanol–water partition coefficient (Wildman–Crippen LogP) is 3.89. The Balaban J connectivity index is 5.65. The van der Waals surface area contributed by atoms with Gasteiger partial charge in [-0.15, -0.1) is 0 Å². The van der Waals surface area contributed by atoms with Gasteiger partial charge in [0.25, 0.3) is 0 Å². The van der Waals surface area contributed by atoms with Crippen LogP contribution in [0.25, 0.3) is 0 Å². The van der Waals surface area contributed by atoms with E-state index in [1.54, 1.807) is 0 Å². The Labute approximate surface area is 91.0 Å². The van der Waals surface area contributed by atoms with Gasteiger partial charge in [-0.05, 0) is 0 Å². The molecule has 0 aliphatic carbocycles. The van der Waals surface area contributed by atoms with Crippen molar-refractivity contribution < 1.29 is 39.5 Å². The van der Waals surface area contributed by atoms with Gasteiger partial charge in [0, 0.05) is 0 Å². The fraction of sp³-hybridized carbons (Fsp3) is 1.00. The summed E-state index contributed by atoms with van der Waals surface area (Å²) in [4.78, 5) is 0. The lowest BCUT2D eigenvalue weighted by Crippen LogP contribution is -2.65. The first-order valence-corrected chi connectivity index (χ1v) is 4.60. The molecule has 0 heterocycles. The summed E-state index contributed by atoms with van der Waals surface area (Å²) in [5.74, 6) is -5.57. The highest BCUT2D eigenvalue weighted by molar-refractivity contribution is 14.1. The van der Waals surface area contributed by atoms with Gasteiger partial charge in [0.2, 0.25) is 0 Å². The van der Waals surface area contributed by atoms with E-state index in [-0.39, 0.29) is 0 Å². The standard InChI is InChI=1S/C5H2F9I/c6-2(7,1-15)3(8,4(9,10)11)5(12,13)14/h1H2. The lowest BCUT2D eigenvalue weighted by atomic mass is 9.97. The molecule has 0 saturated carbocycles. The molecule has 0 nitrogen and oxygen atoms in total. The van der Waals surface area contributed by atoms with Gasteiger partial charge in [-0.25, -0.2) is 13.2 Å². The normalized spacial score (nSPS) is 15.6. The van der Waals surface area contributed by atoms with Crippen LogP contribution in [-0.4, -0.2) is 28.4 Å². The van der Waals surface area contributed by atoms with Crippen molar-refractivity contribution in [2.24, 2.45) is 0 Å². The fourth-order valence-corrected chi connectivity index (χ4v) is 1.19. The van der Waals surface area contributed by atoms with Crippen molar-refractivity contribution in [3.63, 3.8) is 0 Å². The van der Waals surface area contributed by atoms with Gasteiger partial charge in [0.1, 0.15) is 0 Å². The van der Waals surface area contributed by atoms with Crippen LogP contribution in [-0.2, 0) is 0 Å². The average molecular weight is 360 g/mol. The number of halogens is 10. The molecule has 0 spiro atoms. The zero-order valence-electron chi connectivity index (χ0n) is 6.49. The summed E-state index contributed by atoms with van der Waals surface area (Å²) in [7, 11) is 0. The molecule has 0 aromatic heterocycles. The molecule has 0 amide bonds. The third kappa shape index (κ3) is 2.28. The summed E-state index contributed by atoms with van der Waals surface area (Å²) in [6, 6.07) is 0. The number of hydrogen-bond donors (Lipinski definition) is 0. The smallest absolute Gasteiger partial charge is 0.217 e. The minimum Gasteiger partial charge on any atom is -0.217 e. The van der Waals surface area contributed by atoms with Crippen LogP contribution < -0.4 is 0 Å². The third-order valence-corrected chi connectivity index (χ3v) is 2.41. The topological polar surface area (TPSA) is 0 Å². The van der Waals surface area contributed by atoms with Crippen LogP contribution >= 0.6 is 22.6 Å². The Morgan fingerprint density at radius 2 is 0.933 bits per heavy atom. The van der Waals surface area contributed by atoms with Crippen molar-refractivity contribution in [1.29, 1.82) is 0 Å². The van der Waals surface area contributed by atoms with Crippen molar-refractivity contribution in [3.8, 4) is 0 Å². The average Bonchev–Trinajstić information content (AvgIpc) is 1.98. The maximum atomic E-state index is 12.6. The molecule has 92 valence electrons. The van der Waals surface area contributed by atoms with Crippen LogP contribution in [0.3, 0.4) is 0 Å². The monoisotopic (exact) mass is 360 g/mol. The van der Waals surface area contributed by atoms with Crippen LogP contribution in [0.15, 0.2) is 0 Å². The molecule has 0 aromatic rings. The van der Waals surface area contributed by atoms with Gasteiger partial charge in [-0.3, -0.25) is 0 Å². The molecule has 0 rings (SSSR count). The second-order valence-electron chi connectivity index (χ2n) is 2.49. The van der Waals surface area contributed by atoms with Gasteiger partial charge in [0.05, 0.1) is 4.43 Å². The summed E-state index contributed by atoms with van der Waals surface area (Å²) in [6.07, 6.45) is -13.4.